The summed E-state index contributed by atoms with van der Waals surface area (Å²) < 4.78 is 6.50. The number of amides is 1. The van der Waals surface area contributed by atoms with Crippen LogP contribution in [0.15, 0.2) is 15.9 Å². The van der Waals surface area contributed by atoms with Crippen LogP contribution in [0.3, 0.4) is 0 Å². The Kier molecular flexibility index (Phi) is 5.09. The molecule has 0 bridgehead atoms. The number of rotatable bonds is 4. The van der Waals surface area contributed by atoms with Gasteiger partial charge in [0.15, 0.2) is 0 Å². The van der Waals surface area contributed by atoms with Crippen LogP contribution >= 0.6 is 27.3 Å². The van der Waals surface area contributed by atoms with Gasteiger partial charge in [0, 0.05) is 30.6 Å². The Hall–Kier alpha value is -0.590. The minimum atomic E-state index is -0.415. The zero-order valence-corrected chi connectivity index (χ0v) is 14.5. The molecular weight excluding hydrogens is 340 g/mol. The lowest BCUT2D eigenvalue weighted by Gasteiger charge is -2.40. The largest absolute Gasteiger partial charge is 0.444 e. The maximum atomic E-state index is 11.8. The SMILES string of the molecule is CC(C)(C)OC(=O)N1CC(NCCc2ccc(Br)s2)C1. The van der Waals surface area contributed by atoms with Gasteiger partial charge in [0.05, 0.1) is 3.79 Å². The number of hydrogen-bond donors (Lipinski definition) is 1. The van der Waals surface area contributed by atoms with Gasteiger partial charge in [-0.15, -0.1) is 11.3 Å². The van der Waals surface area contributed by atoms with Crippen molar-refractivity contribution in [3.63, 3.8) is 0 Å². The Balaban J connectivity index is 1.61. The number of likely N-dealkylation sites (tertiary alicyclic amines) is 1. The van der Waals surface area contributed by atoms with E-state index in [1.165, 1.54) is 8.66 Å². The molecule has 1 N–H and O–H groups in total. The molecule has 2 rings (SSSR count). The molecule has 0 unspecified atom stereocenters. The standard InChI is InChI=1S/C14H21BrN2O2S/c1-14(2,3)19-13(18)17-8-10(9-17)16-7-6-11-4-5-12(15)20-11/h4-5,10,16H,6-9H2,1-3H3. The zero-order valence-electron chi connectivity index (χ0n) is 12.1. The molecule has 0 aromatic carbocycles. The van der Waals surface area contributed by atoms with Gasteiger partial charge in [0.2, 0.25) is 0 Å². The third-order valence-corrected chi connectivity index (χ3v) is 4.65. The summed E-state index contributed by atoms with van der Waals surface area (Å²) >= 11 is 5.23. The summed E-state index contributed by atoms with van der Waals surface area (Å²) in [5, 5.41) is 3.47. The zero-order chi connectivity index (χ0) is 14.8. The summed E-state index contributed by atoms with van der Waals surface area (Å²) in [6.45, 7) is 8.09. The van der Waals surface area contributed by atoms with Gasteiger partial charge in [-0.25, -0.2) is 4.79 Å². The number of nitrogens with zero attached hydrogens (tertiary/aromatic N) is 1. The minimum absolute atomic E-state index is 0.210. The van der Waals surface area contributed by atoms with Crippen LogP contribution in [0, 0.1) is 0 Å². The Bertz CT molecular complexity index is 464. The van der Waals surface area contributed by atoms with Crippen molar-refractivity contribution in [1.29, 1.82) is 0 Å². The lowest BCUT2D eigenvalue weighted by molar-refractivity contribution is 0.00543. The fourth-order valence-corrected chi connectivity index (χ4v) is 3.45. The molecule has 1 fully saturated rings. The third kappa shape index (κ3) is 4.75. The normalized spacial score (nSPS) is 16.1. The molecule has 0 radical (unpaired) electrons. The van der Waals surface area contributed by atoms with E-state index < -0.39 is 5.60 Å². The van der Waals surface area contributed by atoms with Crippen molar-refractivity contribution in [2.45, 2.75) is 38.8 Å². The van der Waals surface area contributed by atoms with E-state index in [9.17, 15) is 4.79 Å². The number of ether oxygens (including phenoxy) is 1. The van der Waals surface area contributed by atoms with E-state index in [4.69, 9.17) is 4.74 Å². The number of carbonyl (C=O) groups excluding carboxylic acids is 1. The number of hydrogen-bond acceptors (Lipinski definition) is 4. The maximum Gasteiger partial charge on any atom is 0.410 e. The van der Waals surface area contributed by atoms with Gasteiger partial charge in [-0.1, -0.05) is 0 Å². The fraction of sp³-hybridized carbons (Fsp3) is 0.643. The molecular formula is C14H21BrN2O2S. The lowest BCUT2D eigenvalue weighted by Crippen LogP contribution is -2.60. The average molecular weight is 361 g/mol. The molecule has 1 aliphatic rings. The van der Waals surface area contributed by atoms with E-state index in [0.29, 0.717) is 6.04 Å². The van der Waals surface area contributed by atoms with Crippen molar-refractivity contribution in [2.75, 3.05) is 19.6 Å². The topological polar surface area (TPSA) is 41.6 Å². The van der Waals surface area contributed by atoms with Gasteiger partial charge in [-0.3, -0.25) is 0 Å². The van der Waals surface area contributed by atoms with E-state index in [2.05, 4.69) is 33.4 Å². The van der Waals surface area contributed by atoms with Gasteiger partial charge in [-0.2, -0.15) is 0 Å². The molecule has 1 aliphatic heterocycles. The van der Waals surface area contributed by atoms with E-state index >= 15 is 0 Å². The fourth-order valence-electron chi connectivity index (χ4n) is 1.97. The molecule has 1 amide bonds. The van der Waals surface area contributed by atoms with E-state index in [-0.39, 0.29) is 6.09 Å². The van der Waals surface area contributed by atoms with Crippen LogP contribution in [-0.4, -0.2) is 42.3 Å². The first-order chi connectivity index (χ1) is 9.33. The Morgan fingerprint density at radius 3 is 2.75 bits per heavy atom. The van der Waals surface area contributed by atoms with Crippen molar-refractivity contribution in [3.05, 3.63) is 20.8 Å². The van der Waals surface area contributed by atoms with Gasteiger partial charge >= 0.3 is 6.09 Å². The van der Waals surface area contributed by atoms with Crippen LogP contribution in [-0.2, 0) is 11.2 Å². The molecule has 1 aromatic rings. The molecule has 4 nitrogen and oxygen atoms in total. The van der Waals surface area contributed by atoms with Crippen molar-refractivity contribution in [3.8, 4) is 0 Å². The van der Waals surface area contributed by atoms with Crippen LogP contribution in [0.4, 0.5) is 4.79 Å². The number of carbonyl (C=O) groups is 1. The van der Waals surface area contributed by atoms with Gasteiger partial charge < -0.3 is 15.0 Å². The van der Waals surface area contributed by atoms with Gasteiger partial charge in [0.25, 0.3) is 0 Å². The van der Waals surface area contributed by atoms with Crippen LogP contribution in [0.25, 0.3) is 0 Å². The molecule has 1 aromatic heterocycles. The molecule has 6 heteroatoms. The maximum absolute atomic E-state index is 11.8. The Labute approximate surface area is 132 Å². The molecule has 2 heterocycles. The highest BCUT2D eigenvalue weighted by atomic mass is 79.9. The molecule has 0 aliphatic carbocycles. The van der Waals surface area contributed by atoms with Crippen LogP contribution in [0.2, 0.25) is 0 Å². The third-order valence-electron chi connectivity index (χ3n) is 2.97. The second kappa shape index (κ2) is 6.45. The first-order valence-corrected chi connectivity index (χ1v) is 8.40. The number of nitrogens with one attached hydrogen (secondary N) is 1. The first-order valence-electron chi connectivity index (χ1n) is 6.79. The summed E-state index contributed by atoms with van der Waals surface area (Å²) in [5.41, 5.74) is -0.415. The van der Waals surface area contributed by atoms with Crippen LogP contribution < -0.4 is 5.32 Å². The lowest BCUT2D eigenvalue weighted by atomic mass is 10.1. The summed E-state index contributed by atoms with van der Waals surface area (Å²) in [6, 6.07) is 4.61. The number of halogens is 1. The minimum Gasteiger partial charge on any atom is -0.444 e. The molecule has 1 saturated heterocycles. The van der Waals surface area contributed by atoms with E-state index in [0.717, 1.165) is 26.1 Å². The average Bonchev–Trinajstić information content (AvgIpc) is 2.64. The summed E-state index contributed by atoms with van der Waals surface area (Å²) in [5.74, 6) is 0. The highest BCUT2D eigenvalue weighted by Gasteiger charge is 2.33. The van der Waals surface area contributed by atoms with Crippen molar-refractivity contribution in [2.24, 2.45) is 0 Å². The highest BCUT2D eigenvalue weighted by molar-refractivity contribution is 9.11. The summed E-state index contributed by atoms with van der Waals surface area (Å²) in [6.07, 6.45) is 0.817. The van der Waals surface area contributed by atoms with Crippen molar-refractivity contribution >= 4 is 33.4 Å². The summed E-state index contributed by atoms with van der Waals surface area (Å²) in [7, 11) is 0. The Morgan fingerprint density at radius 2 is 2.20 bits per heavy atom. The predicted molar refractivity (Wildman–Crippen MR) is 85.3 cm³/mol. The summed E-state index contributed by atoms with van der Waals surface area (Å²) in [4.78, 5) is 14.9. The second-order valence-corrected chi connectivity index (χ2v) is 8.54. The predicted octanol–water partition coefficient (Wildman–Crippen LogP) is 3.26. The van der Waals surface area contributed by atoms with Crippen molar-refractivity contribution in [1.82, 2.24) is 10.2 Å². The molecule has 112 valence electrons. The van der Waals surface area contributed by atoms with Crippen LogP contribution in [0.5, 0.6) is 0 Å². The van der Waals surface area contributed by atoms with Crippen molar-refractivity contribution < 1.29 is 9.53 Å². The van der Waals surface area contributed by atoms with Gasteiger partial charge in [-0.05, 0) is 55.3 Å². The van der Waals surface area contributed by atoms with E-state index in [1.54, 1.807) is 16.2 Å². The molecule has 0 saturated carbocycles. The van der Waals surface area contributed by atoms with E-state index in [1.807, 2.05) is 20.8 Å². The Morgan fingerprint density at radius 1 is 1.50 bits per heavy atom. The quantitative estimate of drug-likeness (QED) is 0.895. The number of thiophene rings is 1. The molecule has 20 heavy (non-hydrogen) atoms. The second-order valence-electron chi connectivity index (χ2n) is 5.99. The first kappa shape index (κ1) is 15.8. The molecule has 0 atom stereocenters. The monoisotopic (exact) mass is 360 g/mol. The van der Waals surface area contributed by atoms with Gasteiger partial charge in [0.1, 0.15) is 5.60 Å². The highest BCUT2D eigenvalue weighted by Crippen LogP contribution is 2.22. The smallest absolute Gasteiger partial charge is 0.410 e. The van der Waals surface area contributed by atoms with Crippen LogP contribution in [0.1, 0.15) is 25.6 Å². The molecule has 0 spiro atoms.